The molecule has 0 heterocycles. The summed E-state index contributed by atoms with van der Waals surface area (Å²) in [6.07, 6.45) is -0.293. The summed E-state index contributed by atoms with van der Waals surface area (Å²) in [6.45, 7) is 7.29. The Labute approximate surface area is 151 Å². The van der Waals surface area contributed by atoms with E-state index in [1.54, 1.807) is 0 Å². The summed E-state index contributed by atoms with van der Waals surface area (Å²) in [5, 5.41) is 28.2. The van der Waals surface area contributed by atoms with E-state index in [2.05, 4.69) is 0 Å². The lowest BCUT2D eigenvalue weighted by Gasteiger charge is -2.13. The fourth-order valence-electron chi connectivity index (χ4n) is 1.62. The molecule has 0 amide bonds. The Balaban J connectivity index is 3.18. The van der Waals surface area contributed by atoms with Crippen LogP contribution in [0.3, 0.4) is 0 Å². The van der Waals surface area contributed by atoms with Crippen molar-refractivity contribution in [1.82, 2.24) is 0 Å². The Kier molecular flexibility index (Phi) is 18.2. The minimum absolute atomic E-state index is 0.142. The minimum Gasteiger partial charge on any atom is -0.391 e. The molecule has 8 heteroatoms. The molecule has 3 atom stereocenters. The summed E-state index contributed by atoms with van der Waals surface area (Å²) in [5.41, 5.74) is 0. The third-order valence-electron chi connectivity index (χ3n) is 3.30. The van der Waals surface area contributed by atoms with Crippen molar-refractivity contribution < 1.29 is 39.0 Å². The zero-order valence-corrected chi connectivity index (χ0v) is 15.6. The summed E-state index contributed by atoms with van der Waals surface area (Å²) in [6, 6.07) is 0. The van der Waals surface area contributed by atoms with E-state index in [9.17, 15) is 15.3 Å². The predicted molar refractivity (Wildman–Crippen MR) is 92.7 cm³/mol. The first-order valence-electron chi connectivity index (χ1n) is 9.03. The van der Waals surface area contributed by atoms with Gasteiger partial charge in [0.25, 0.3) is 0 Å². The molecule has 0 bridgehead atoms. The zero-order chi connectivity index (χ0) is 18.8. The monoisotopic (exact) mass is 368 g/mol. The van der Waals surface area contributed by atoms with Crippen molar-refractivity contribution in [1.29, 1.82) is 0 Å². The van der Waals surface area contributed by atoms with Crippen molar-refractivity contribution in [2.45, 2.75) is 45.0 Å². The van der Waals surface area contributed by atoms with Crippen LogP contribution in [0.2, 0.25) is 0 Å². The van der Waals surface area contributed by atoms with Gasteiger partial charge in [0.1, 0.15) is 6.10 Å². The molecule has 3 N–H and O–H groups in total. The Bertz CT molecular complexity index is 267. The van der Waals surface area contributed by atoms with Gasteiger partial charge in [-0.2, -0.15) is 0 Å². The molecule has 0 aromatic heterocycles. The highest BCUT2D eigenvalue weighted by Gasteiger charge is 2.06. The van der Waals surface area contributed by atoms with Gasteiger partial charge in [0.2, 0.25) is 0 Å². The largest absolute Gasteiger partial charge is 0.391 e. The fourth-order valence-corrected chi connectivity index (χ4v) is 1.62. The number of aliphatic hydroxyl groups excluding tert-OH is 3. The van der Waals surface area contributed by atoms with E-state index in [0.717, 1.165) is 0 Å². The fraction of sp³-hybridized carbons (Fsp3) is 1.00. The normalized spacial score (nSPS) is 15.2. The molecule has 152 valence electrons. The number of hydrogen-bond acceptors (Lipinski definition) is 8. The van der Waals surface area contributed by atoms with E-state index >= 15 is 0 Å². The molecule has 0 rings (SSSR count). The van der Waals surface area contributed by atoms with Gasteiger partial charge in [-0.1, -0.05) is 13.8 Å². The number of ether oxygens (including phenoxy) is 5. The summed E-state index contributed by atoms with van der Waals surface area (Å²) < 4.78 is 26.3. The summed E-state index contributed by atoms with van der Waals surface area (Å²) in [7, 11) is 0. The van der Waals surface area contributed by atoms with Crippen molar-refractivity contribution in [3.63, 3.8) is 0 Å². The highest BCUT2D eigenvalue weighted by molar-refractivity contribution is 4.54. The smallest absolute Gasteiger partial charge is 0.101 e. The van der Waals surface area contributed by atoms with Crippen molar-refractivity contribution in [3.05, 3.63) is 0 Å². The second-order valence-corrected chi connectivity index (χ2v) is 5.69. The first kappa shape index (κ1) is 24.7. The molecule has 0 saturated heterocycles. The SMILES string of the molecule is CCC(O)COCCOCCOCCOCC(O)COCC(O)CC. The molecule has 3 unspecified atom stereocenters. The Morgan fingerprint density at radius 1 is 0.480 bits per heavy atom. The van der Waals surface area contributed by atoms with Gasteiger partial charge in [0.05, 0.1) is 78.3 Å². The van der Waals surface area contributed by atoms with E-state index in [-0.39, 0.29) is 19.8 Å². The molecule has 8 nitrogen and oxygen atoms in total. The van der Waals surface area contributed by atoms with Crippen LogP contribution in [0.25, 0.3) is 0 Å². The van der Waals surface area contributed by atoms with Gasteiger partial charge in [0, 0.05) is 0 Å². The topological polar surface area (TPSA) is 107 Å². The molecule has 25 heavy (non-hydrogen) atoms. The van der Waals surface area contributed by atoms with Crippen LogP contribution >= 0.6 is 0 Å². The van der Waals surface area contributed by atoms with E-state index in [1.165, 1.54) is 0 Å². The molecule has 0 radical (unpaired) electrons. The Morgan fingerprint density at radius 3 is 1.24 bits per heavy atom. The number of rotatable bonds is 19. The van der Waals surface area contributed by atoms with E-state index in [0.29, 0.717) is 59.1 Å². The molecule has 0 aliphatic rings. The van der Waals surface area contributed by atoms with Gasteiger partial charge in [-0.05, 0) is 12.8 Å². The van der Waals surface area contributed by atoms with Crippen LogP contribution < -0.4 is 0 Å². The molecule has 0 saturated carbocycles. The maximum absolute atomic E-state index is 9.61. The van der Waals surface area contributed by atoms with Crippen LogP contribution in [0, 0.1) is 0 Å². The average molecular weight is 368 g/mol. The van der Waals surface area contributed by atoms with Crippen LogP contribution in [0.1, 0.15) is 26.7 Å². The quantitative estimate of drug-likeness (QED) is 0.273. The third-order valence-corrected chi connectivity index (χ3v) is 3.30. The first-order chi connectivity index (χ1) is 12.1. The third kappa shape index (κ3) is 18.3. The highest BCUT2D eigenvalue weighted by Crippen LogP contribution is 1.94. The second kappa shape index (κ2) is 18.5. The summed E-state index contributed by atoms with van der Waals surface area (Å²) in [5.74, 6) is 0. The highest BCUT2D eigenvalue weighted by atomic mass is 16.6. The van der Waals surface area contributed by atoms with Crippen molar-refractivity contribution in [2.24, 2.45) is 0 Å². The van der Waals surface area contributed by atoms with Crippen LogP contribution in [-0.4, -0.2) is 99.7 Å². The standard InChI is InChI=1S/C17H36O8/c1-3-15(18)11-23-9-7-21-5-6-22-8-10-24-13-17(20)14-25-12-16(19)4-2/h15-20H,3-14H2,1-2H3. The molecule has 0 aromatic rings. The summed E-state index contributed by atoms with van der Waals surface area (Å²) >= 11 is 0. The van der Waals surface area contributed by atoms with Gasteiger partial charge in [0.15, 0.2) is 0 Å². The van der Waals surface area contributed by atoms with E-state index in [1.807, 2.05) is 13.8 Å². The lowest BCUT2D eigenvalue weighted by atomic mass is 10.3. The van der Waals surface area contributed by atoms with Gasteiger partial charge in [-0.3, -0.25) is 0 Å². The molecule has 0 aliphatic carbocycles. The average Bonchev–Trinajstić information content (AvgIpc) is 2.62. The van der Waals surface area contributed by atoms with Crippen LogP contribution in [0.4, 0.5) is 0 Å². The van der Waals surface area contributed by atoms with Crippen LogP contribution in [0.5, 0.6) is 0 Å². The zero-order valence-electron chi connectivity index (χ0n) is 15.6. The van der Waals surface area contributed by atoms with Gasteiger partial charge < -0.3 is 39.0 Å². The lowest BCUT2D eigenvalue weighted by Crippen LogP contribution is -2.25. The number of hydrogen-bond donors (Lipinski definition) is 3. The molecule has 0 aromatic carbocycles. The molecule has 0 fully saturated rings. The Hall–Kier alpha value is -0.320. The van der Waals surface area contributed by atoms with Crippen molar-refractivity contribution in [3.8, 4) is 0 Å². The van der Waals surface area contributed by atoms with E-state index in [4.69, 9.17) is 23.7 Å². The molecule has 0 aliphatic heterocycles. The maximum Gasteiger partial charge on any atom is 0.101 e. The van der Waals surface area contributed by atoms with Crippen LogP contribution in [-0.2, 0) is 23.7 Å². The molecular weight excluding hydrogens is 332 g/mol. The van der Waals surface area contributed by atoms with Crippen molar-refractivity contribution >= 4 is 0 Å². The first-order valence-corrected chi connectivity index (χ1v) is 9.03. The summed E-state index contributed by atoms with van der Waals surface area (Å²) in [4.78, 5) is 0. The van der Waals surface area contributed by atoms with E-state index < -0.39 is 18.3 Å². The van der Waals surface area contributed by atoms with Gasteiger partial charge in [-0.15, -0.1) is 0 Å². The van der Waals surface area contributed by atoms with Gasteiger partial charge in [-0.25, -0.2) is 0 Å². The second-order valence-electron chi connectivity index (χ2n) is 5.69. The molecular formula is C17H36O8. The molecule has 0 spiro atoms. The van der Waals surface area contributed by atoms with Gasteiger partial charge >= 0.3 is 0 Å². The minimum atomic E-state index is -0.710. The Morgan fingerprint density at radius 2 is 0.800 bits per heavy atom. The predicted octanol–water partition coefficient (Wildman–Crippen LogP) is -0.0279. The van der Waals surface area contributed by atoms with Crippen molar-refractivity contribution in [2.75, 3.05) is 66.1 Å². The van der Waals surface area contributed by atoms with Crippen LogP contribution in [0.15, 0.2) is 0 Å². The lowest BCUT2D eigenvalue weighted by molar-refractivity contribution is -0.0513. The number of aliphatic hydroxyl groups is 3. The maximum atomic E-state index is 9.61.